The van der Waals surface area contributed by atoms with Crippen molar-refractivity contribution in [1.29, 1.82) is 0 Å². The number of amides is 1. The number of carbonyl (C=O) groups is 1. The SMILES string of the molecule is CCOc1cc(C(=O)N(C)CCO)cc(OCC)c1OCC. The van der Waals surface area contributed by atoms with E-state index in [0.29, 0.717) is 42.6 Å². The normalized spacial score (nSPS) is 10.2. The molecule has 0 aromatic heterocycles. The van der Waals surface area contributed by atoms with E-state index in [1.165, 1.54) is 4.90 Å². The predicted molar refractivity (Wildman–Crippen MR) is 84.0 cm³/mol. The van der Waals surface area contributed by atoms with Crippen LogP contribution < -0.4 is 14.2 Å². The minimum atomic E-state index is -0.209. The summed E-state index contributed by atoms with van der Waals surface area (Å²) in [5, 5.41) is 8.96. The van der Waals surface area contributed by atoms with Gasteiger partial charge < -0.3 is 24.2 Å². The Morgan fingerprint density at radius 2 is 1.55 bits per heavy atom. The molecule has 22 heavy (non-hydrogen) atoms. The summed E-state index contributed by atoms with van der Waals surface area (Å²) in [4.78, 5) is 13.8. The number of hydrogen-bond acceptors (Lipinski definition) is 5. The van der Waals surface area contributed by atoms with Crippen LogP contribution in [0.2, 0.25) is 0 Å². The number of ether oxygens (including phenoxy) is 3. The summed E-state index contributed by atoms with van der Waals surface area (Å²) in [7, 11) is 1.63. The summed E-state index contributed by atoms with van der Waals surface area (Å²) < 4.78 is 16.8. The quantitative estimate of drug-likeness (QED) is 0.755. The zero-order chi connectivity index (χ0) is 16.5. The third-order valence-electron chi connectivity index (χ3n) is 2.94. The van der Waals surface area contributed by atoms with Crippen LogP contribution in [0.1, 0.15) is 31.1 Å². The fraction of sp³-hybridized carbons (Fsp3) is 0.562. The van der Waals surface area contributed by atoms with Gasteiger partial charge in [0.1, 0.15) is 0 Å². The summed E-state index contributed by atoms with van der Waals surface area (Å²) in [5.41, 5.74) is 0.436. The average molecular weight is 311 g/mol. The molecule has 0 heterocycles. The summed E-state index contributed by atoms with van der Waals surface area (Å²) >= 11 is 0. The van der Waals surface area contributed by atoms with Crippen LogP contribution in [-0.4, -0.2) is 55.9 Å². The van der Waals surface area contributed by atoms with Gasteiger partial charge in [-0.05, 0) is 32.9 Å². The summed E-state index contributed by atoms with van der Waals surface area (Å²) in [6, 6.07) is 3.29. The molecule has 0 saturated carbocycles. The summed E-state index contributed by atoms with van der Waals surface area (Å²) in [6.07, 6.45) is 0. The highest BCUT2D eigenvalue weighted by atomic mass is 16.5. The molecule has 6 heteroatoms. The maximum Gasteiger partial charge on any atom is 0.253 e. The molecule has 0 saturated heterocycles. The second kappa shape index (κ2) is 9.15. The van der Waals surface area contributed by atoms with Gasteiger partial charge in [0, 0.05) is 19.2 Å². The van der Waals surface area contributed by atoms with E-state index in [0.717, 1.165) is 0 Å². The van der Waals surface area contributed by atoms with E-state index in [1.54, 1.807) is 19.2 Å². The Bertz CT molecular complexity index is 462. The molecule has 0 bridgehead atoms. The van der Waals surface area contributed by atoms with Crippen molar-refractivity contribution in [3.8, 4) is 17.2 Å². The average Bonchev–Trinajstić information content (AvgIpc) is 2.50. The first-order valence-electron chi connectivity index (χ1n) is 7.51. The van der Waals surface area contributed by atoms with Crippen LogP contribution in [0.4, 0.5) is 0 Å². The fourth-order valence-electron chi connectivity index (χ4n) is 1.98. The number of benzene rings is 1. The molecule has 124 valence electrons. The van der Waals surface area contributed by atoms with E-state index >= 15 is 0 Å². The third-order valence-corrected chi connectivity index (χ3v) is 2.94. The van der Waals surface area contributed by atoms with E-state index in [-0.39, 0.29) is 19.1 Å². The number of nitrogens with zero attached hydrogens (tertiary/aromatic N) is 1. The zero-order valence-corrected chi connectivity index (χ0v) is 13.7. The molecule has 0 aliphatic heterocycles. The Morgan fingerprint density at radius 1 is 1.05 bits per heavy atom. The Balaban J connectivity index is 3.26. The molecule has 0 unspecified atom stereocenters. The van der Waals surface area contributed by atoms with Crippen molar-refractivity contribution in [3.63, 3.8) is 0 Å². The van der Waals surface area contributed by atoms with Crippen LogP contribution in [0.25, 0.3) is 0 Å². The molecular formula is C16H25NO5. The fourth-order valence-corrected chi connectivity index (χ4v) is 1.98. The van der Waals surface area contributed by atoms with Gasteiger partial charge in [-0.15, -0.1) is 0 Å². The molecule has 0 aliphatic rings. The molecule has 1 amide bonds. The Kier molecular flexibility index (Phi) is 7.52. The number of rotatable bonds is 9. The van der Waals surface area contributed by atoms with Crippen molar-refractivity contribution in [2.45, 2.75) is 20.8 Å². The molecule has 1 aromatic carbocycles. The second-order valence-corrected chi connectivity index (χ2v) is 4.55. The first-order chi connectivity index (χ1) is 10.6. The number of aliphatic hydroxyl groups excluding tert-OH is 1. The summed E-state index contributed by atoms with van der Waals surface area (Å²) in [6.45, 7) is 7.16. The van der Waals surface area contributed by atoms with E-state index in [1.807, 2.05) is 20.8 Å². The van der Waals surface area contributed by atoms with Crippen LogP contribution in [0.3, 0.4) is 0 Å². The van der Waals surface area contributed by atoms with Crippen molar-refractivity contribution in [2.24, 2.45) is 0 Å². The number of likely N-dealkylation sites (N-methyl/N-ethyl adjacent to an activating group) is 1. The second-order valence-electron chi connectivity index (χ2n) is 4.55. The molecule has 1 N–H and O–H groups in total. The van der Waals surface area contributed by atoms with Crippen LogP contribution in [0.15, 0.2) is 12.1 Å². The lowest BCUT2D eigenvalue weighted by atomic mass is 10.1. The maximum absolute atomic E-state index is 12.4. The highest BCUT2D eigenvalue weighted by Crippen LogP contribution is 2.39. The van der Waals surface area contributed by atoms with E-state index in [2.05, 4.69) is 0 Å². The first kappa shape index (κ1) is 18.1. The molecule has 0 radical (unpaired) electrons. The van der Waals surface area contributed by atoms with Crippen LogP contribution in [0.5, 0.6) is 17.2 Å². The van der Waals surface area contributed by atoms with Gasteiger partial charge in [0.25, 0.3) is 5.91 Å². The molecule has 1 aromatic rings. The Labute approximate surface area is 131 Å². The first-order valence-corrected chi connectivity index (χ1v) is 7.51. The van der Waals surface area contributed by atoms with Gasteiger partial charge in [-0.2, -0.15) is 0 Å². The largest absolute Gasteiger partial charge is 0.490 e. The maximum atomic E-state index is 12.4. The smallest absolute Gasteiger partial charge is 0.253 e. The number of carbonyl (C=O) groups excluding carboxylic acids is 1. The van der Waals surface area contributed by atoms with Crippen LogP contribution in [-0.2, 0) is 0 Å². The lowest BCUT2D eigenvalue weighted by molar-refractivity contribution is 0.0766. The third kappa shape index (κ3) is 4.53. The van der Waals surface area contributed by atoms with Gasteiger partial charge in [0.05, 0.1) is 26.4 Å². The van der Waals surface area contributed by atoms with Crippen molar-refractivity contribution >= 4 is 5.91 Å². The van der Waals surface area contributed by atoms with Gasteiger partial charge in [0.15, 0.2) is 11.5 Å². The Hall–Kier alpha value is -1.95. The van der Waals surface area contributed by atoms with Crippen molar-refractivity contribution in [1.82, 2.24) is 4.90 Å². The predicted octanol–water partition coefficient (Wildman–Crippen LogP) is 1.95. The van der Waals surface area contributed by atoms with Crippen LogP contribution >= 0.6 is 0 Å². The zero-order valence-electron chi connectivity index (χ0n) is 13.7. The van der Waals surface area contributed by atoms with E-state index < -0.39 is 0 Å². The molecule has 6 nitrogen and oxygen atoms in total. The van der Waals surface area contributed by atoms with Gasteiger partial charge in [0.2, 0.25) is 5.75 Å². The molecule has 0 atom stereocenters. The number of hydrogen-bond donors (Lipinski definition) is 1. The van der Waals surface area contributed by atoms with Crippen molar-refractivity contribution < 1.29 is 24.1 Å². The minimum Gasteiger partial charge on any atom is -0.490 e. The lowest BCUT2D eigenvalue weighted by Gasteiger charge is -2.19. The van der Waals surface area contributed by atoms with Gasteiger partial charge >= 0.3 is 0 Å². The summed E-state index contributed by atoms with van der Waals surface area (Å²) in [5.74, 6) is 1.26. The van der Waals surface area contributed by atoms with Crippen molar-refractivity contribution in [3.05, 3.63) is 17.7 Å². The molecule has 0 aliphatic carbocycles. The van der Waals surface area contributed by atoms with E-state index in [9.17, 15) is 4.79 Å². The minimum absolute atomic E-state index is 0.0874. The van der Waals surface area contributed by atoms with Crippen LogP contribution in [0, 0.1) is 0 Å². The Morgan fingerprint density at radius 3 is 1.95 bits per heavy atom. The lowest BCUT2D eigenvalue weighted by Crippen LogP contribution is -2.29. The van der Waals surface area contributed by atoms with Gasteiger partial charge in [-0.3, -0.25) is 4.79 Å². The van der Waals surface area contributed by atoms with Gasteiger partial charge in [-0.1, -0.05) is 0 Å². The standard InChI is InChI=1S/C16H25NO5/c1-5-20-13-10-12(16(19)17(4)8-9-18)11-14(21-6-2)15(13)22-7-3/h10-11,18H,5-9H2,1-4H3. The monoisotopic (exact) mass is 311 g/mol. The number of aliphatic hydroxyl groups is 1. The van der Waals surface area contributed by atoms with Crippen molar-refractivity contribution in [2.75, 3.05) is 40.0 Å². The van der Waals surface area contributed by atoms with E-state index in [4.69, 9.17) is 19.3 Å². The molecule has 0 spiro atoms. The molecule has 1 rings (SSSR count). The molecular weight excluding hydrogens is 286 g/mol. The highest BCUT2D eigenvalue weighted by Gasteiger charge is 2.20. The van der Waals surface area contributed by atoms with Gasteiger partial charge in [-0.25, -0.2) is 0 Å². The highest BCUT2D eigenvalue weighted by molar-refractivity contribution is 5.95. The topological polar surface area (TPSA) is 68.2 Å². The molecule has 0 fully saturated rings.